The van der Waals surface area contributed by atoms with E-state index < -0.39 is 0 Å². The number of nitrogens with zero attached hydrogens (tertiary/aromatic N) is 3. The molecule has 0 saturated carbocycles. The Bertz CT molecular complexity index is 1100. The molecule has 2 aromatic heterocycles. The van der Waals surface area contributed by atoms with Crippen LogP contribution in [0, 0.1) is 5.82 Å². The molecule has 0 saturated heterocycles. The first-order chi connectivity index (χ1) is 14.2. The van der Waals surface area contributed by atoms with Gasteiger partial charge in [0.15, 0.2) is 0 Å². The minimum absolute atomic E-state index is 0.280. The molecule has 0 fully saturated rings. The molecule has 0 spiro atoms. The zero-order chi connectivity index (χ0) is 20.1. The fourth-order valence-electron chi connectivity index (χ4n) is 3.05. The van der Waals surface area contributed by atoms with Gasteiger partial charge in [0.05, 0.1) is 5.69 Å². The third kappa shape index (κ3) is 4.58. The van der Waals surface area contributed by atoms with Crippen molar-refractivity contribution in [2.45, 2.75) is 6.42 Å². The van der Waals surface area contributed by atoms with Crippen molar-refractivity contribution in [3.05, 3.63) is 95.7 Å². The summed E-state index contributed by atoms with van der Waals surface area (Å²) in [7, 11) is 0. The molecule has 0 atom stereocenters. The summed E-state index contributed by atoms with van der Waals surface area (Å²) in [6.07, 6.45) is 5.95. The average molecular weight is 405 g/mol. The van der Waals surface area contributed by atoms with Gasteiger partial charge in [0.25, 0.3) is 0 Å². The number of benzene rings is 2. The van der Waals surface area contributed by atoms with E-state index in [0.29, 0.717) is 12.5 Å². The van der Waals surface area contributed by atoms with Gasteiger partial charge in [-0.15, -0.1) is 0 Å². The van der Waals surface area contributed by atoms with Crippen molar-refractivity contribution >= 4 is 17.5 Å². The highest BCUT2D eigenvalue weighted by Gasteiger charge is 2.12. The lowest BCUT2D eigenvalue weighted by atomic mass is 10.0. The van der Waals surface area contributed by atoms with Crippen molar-refractivity contribution in [1.82, 2.24) is 15.0 Å². The molecule has 4 aromatic rings. The summed E-state index contributed by atoms with van der Waals surface area (Å²) in [5.41, 5.74) is 4.41. The SMILES string of the molecule is Fc1ccc(-c2cnc(NCCc3ccccc3Cl)nc2-c2ccncc2)cc1. The predicted octanol–water partition coefficient (Wildman–Crippen LogP) is 5.65. The highest BCUT2D eigenvalue weighted by molar-refractivity contribution is 6.31. The number of rotatable bonds is 6. The second-order valence-electron chi connectivity index (χ2n) is 6.47. The second-order valence-corrected chi connectivity index (χ2v) is 6.87. The third-order valence-corrected chi connectivity index (χ3v) is 4.90. The number of aromatic nitrogens is 3. The summed E-state index contributed by atoms with van der Waals surface area (Å²) in [5.74, 6) is 0.243. The lowest BCUT2D eigenvalue weighted by molar-refractivity contribution is 0.628. The molecule has 1 N–H and O–H groups in total. The molecule has 6 heteroatoms. The molecule has 0 amide bonds. The summed E-state index contributed by atoms with van der Waals surface area (Å²) < 4.78 is 13.3. The average Bonchev–Trinajstić information content (AvgIpc) is 2.76. The van der Waals surface area contributed by atoms with Crippen molar-refractivity contribution in [3.63, 3.8) is 0 Å². The number of anilines is 1. The van der Waals surface area contributed by atoms with Gasteiger partial charge in [-0.25, -0.2) is 14.4 Å². The van der Waals surface area contributed by atoms with E-state index in [0.717, 1.165) is 39.4 Å². The largest absolute Gasteiger partial charge is 0.354 e. The second kappa shape index (κ2) is 8.80. The van der Waals surface area contributed by atoms with Crippen LogP contribution in [0.15, 0.2) is 79.3 Å². The number of halogens is 2. The quantitative estimate of drug-likeness (QED) is 0.451. The first-order valence-corrected chi connectivity index (χ1v) is 9.59. The van der Waals surface area contributed by atoms with Crippen LogP contribution in [0.1, 0.15) is 5.56 Å². The van der Waals surface area contributed by atoms with E-state index >= 15 is 0 Å². The minimum Gasteiger partial charge on any atom is -0.354 e. The molecule has 29 heavy (non-hydrogen) atoms. The van der Waals surface area contributed by atoms with E-state index in [4.69, 9.17) is 16.6 Å². The molecule has 0 aliphatic carbocycles. The van der Waals surface area contributed by atoms with Crippen molar-refractivity contribution < 1.29 is 4.39 Å². The van der Waals surface area contributed by atoms with E-state index in [2.05, 4.69) is 15.3 Å². The monoisotopic (exact) mass is 404 g/mol. The number of hydrogen-bond donors (Lipinski definition) is 1. The van der Waals surface area contributed by atoms with Crippen molar-refractivity contribution in [1.29, 1.82) is 0 Å². The van der Waals surface area contributed by atoms with E-state index in [-0.39, 0.29) is 5.82 Å². The topological polar surface area (TPSA) is 50.7 Å². The third-order valence-electron chi connectivity index (χ3n) is 4.53. The van der Waals surface area contributed by atoms with Crippen LogP contribution in [-0.4, -0.2) is 21.5 Å². The lowest BCUT2D eigenvalue weighted by Gasteiger charge is -2.12. The van der Waals surface area contributed by atoms with Crippen LogP contribution in [-0.2, 0) is 6.42 Å². The molecule has 0 radical (unpaired) electrons. The fraction of sp³-hybridized carbons (Fsp3) is 0.0870. The summed E-state index contributed by atoms with van der Waals surface area (Å²) in [5, 5.41) is 4.01. The lowest BCUT2D eigenvalue weighted by Crippen LogP contribution is -2.09. The maximum absolute atomic E-state index is 13.3. The van der Waals surface area contributed by atoms with Gasteiger partial charge in [-0.3, -0.25) is 4.98 Å². The Hall–Kier alpha value is -3.31. The number of nitrogens with one attached hydrogen (secondary N) is 1. The van der Waals surface area contributed by atoms with Crippen LogP contribution < -0.4 is 5.32 Å². The Morgan fingerprint density at radius 2 is 1.66 bits per heavy atom. The summed E-state index contributed by atoms with van der Waals surface area (Å²) in [6, 6.07) is 17.9. The Kier molecular flexibility index (Phi) is 5.77. The van der Waals surface area contributed by atoms with Gasteiger partial charge < -0.3 is 5.32 Å². The molecule has 4 nitrogen and oxygen atoms in total. The van der Waals surface area contributed by atoms with E-state index in [9.17, 15) is 4.39 Å². The minimum atomic E-state index is -0.280. The van der Waals surface area contributed by atoms with Crippen molar-refractivity contribution in [3.8, 4) is 22.4 Å². The highest BCUT2D eigenvalue weighted by atomic mass is 35.5. The number of pyridine rings is 1. The van der Waals surface area contributed by atoms with Gasteiger partial charge in [0.2, 0.25) is 5.95 Å². The zero-order valence-corrected chi connectivity index (χ0v) is 16.3. The van der Waals surface area contributed by atoms with E-state index in [1.54, 1.807) is 30.7 Å². The molecule has 4 rings (SSSR count). The highest BCUT2D eigenvalue weighted by Crippen LogP contribution is 2.30. The molecule has 144 valence electrons. The molecule has 2 aromatic carbocycles. The maximum atomic E-state index is 13.3. The standard InChI is InChI=1S/C23H18ClFN4/c24-21-4-2-1-3-17(21)11-14-27-23-28-15-20(16-5-7-19(25)8-6-16)22(29-23)18-9-12-26-13-10-18/h1-10,12-13,15H,11,14H2,(H,27,28,29). The first kappa shape index (κ1) is 19.0. The van der Waals surface area contributed by atoms with Crippen LogP contribution in [0.5, 0.6) is 0 Å². The van der Waals surface area contributed by atoms with Gasteiger partial charge in [0, 0.05) is 41.3 Å². The smallest absolute Gasteiger partial charge is 0.223 e. The Morgan fingerprint density at radius 3 is 2.41 bits per heavy atom. The van der Waals surface area contributed by atoms with Crippen LogP contribution in [0.2, 0.25) is 5.02 Å². The predicted molar refractivity (Wildman–Crippen MR) is 114 cm³/mol. The normalized spacial score (nSPS) is 10.7. The van der Waals surface area contributed by atoms with E-state index in [1.165, 1.54) is 12.1 Å². The maximum Gasteiger partial charge on any atom is 0.223 e. The molecule has 0 aliphatic heterocycles. The van der Waals surface area contributed by atoms with Gasteiger partial charge in [-0.1, -0.05) is 41.9 Å². The summed E-state index contributed by atoms with van der Waals surface area (Å²) >= 11 is 6.22. The summed E-state index contributed by atoms with van der Waals surface area (Å²) in [4.78, 5) is 13.2. The molecule has 0 bridgehead atoms. The van der Waals surface area contributed by atoms with Gasteiger partial charge >= 0.3 is 0 Å². The van der Waals surface area contributed by atoms with Gasteiger partial charge in [-0.05, 0) is 47.9 Å². The molecule has 0 unspecified atom stereocenters. The molecular weight excluding hydrogens is 387 g/mol. The van der Waals surface area contributed by atoms with Crippen molar-refractivity contribution in [2.75, 3.05) is 11.9 Å². The Morgan fingerprint density at radius 1 is 0.897 bits per heavy atom. The van der Waals surface area contributed by atoms with E-state index in [1.807, 2.05) is 36.4 Å². The zero-order valence-electron chi connectivity index (χ0n) is 15.5. The van der Waals surface area contributed by atoms with Gasteiger partial charge in [0.1, 0.15) is 5.82 Å². The Balaban J connectivity index is 1.61. The van der Waals surface area contributed by atoms with Gasteiger partial charge in [-0.2, -0.15) is 0 Å². The van der Waals surface area contributed by atoms with Crippen LogP contribution in [0.3, 0.4) is 0 Å². The van der Waals surface area contributed by atoms with Crippen molar-refractivity contribution in [2.24, 2.45) is 0 Å². The number of hydrogen-bond acceptors (Lipinski definition) is 4. The first-order valence-electron chi connectivity index (χ1n) is 9.21. The van der Waals surface area contributed by atoms with Crippen LogP contribution in [0.25, 0.3) is 22.4 Å². The molecule has 0 aliphatic rings. The summed E-state index contributed by atoms with van der Waals surface area (Å²) in [6.45, 7) is 0.648. The van der Waals surface area contributed by atoms with Crippen LogP contribution >= 0.6 is 11.6 Å². The Labute approximate surface area is 173 Å². The van der Waals surface area contributed by atoms with Crippen LogP contribution in [0.4, 0.5) is 10.3 Å². The molecule has 2 heterocycles. The molecular formula is C23H18ClFN4. The fourth-order valence-corrected chi connectivity index (χ4v) is 3.28.